The van der Waals surface area contributed by atoms with Gasteiger partial charge in [-0.1, -0.05) is 6.07 Å². The van der Waals surface area contributed by atoms with E-state index in [0.717, 1.165) is 30.8 Å². The number of anilines is 2. The normalized spacial score (nSPS) is 18.8. The Kier molecular flexibility index (Phi) is 5.66. The third-order valence-electron chi connectivity index (χ3n) is 5.30. The van der Waals surface area contributed by atoms with Gasteiger partial charge in [-0.15, -0.1) is 10.2 Å². The van der Waals surface area contributed by atoms with Crippen molar-refractivity contribution in [3.8, 4) is 0 Å². The number of benzene rings is 1. The number of morpholine rings is 1. The number of rotatable bonds is 4. The Morgan fingerprint density at radius 2 is 1.48 bits per heavy atom. The highest BCUT2D eigenvalue weighted by atomic mass is 32.2. The molecular formula is C19H24FN5O3S. The van der Waals surface area contributed by atoms with Crippen LogP contribution in [0.5, 0.6) is 0 Å². The topological polar surface area (TPSA) is 78.9 Å². The molecule has 2 aliphatic heterocycles. The summed E-state index contributed by atoms with van der Waals surface area (Å²) in [5.74, 6) is 0.990. The Balaban J connectivity index is 1.42. The molecule has 0 aliphatic carbocycles. The van der Waals surface area contributed by atoms with E-state index in [2.05, 4.69) is 15.1 Å². The van der Waals surface area contributed by atoms with Crippen LogP contribution in [0.2, 0.25) is 0 Å². The fourth-order valence-corrected chi connectivity index (χ4v) is 5.26. The largest absolute Gasteiger partial charge is 0.378 e. The molecule has 8 nitrogen and oxygen atoms in total. The fraction of sp³-hybridized carbons (Fsp3) is 0.474. The molecule has 29 heavy (non-hydrogen) atoms. The minimum atomic E-state index is -3.73. The molecule has 0 N–H and O–H groups in total. The Labute approximate surface area is 169 Å². The zero-order valence-electron chi connectivity index (χ0n) is 16.3. The van der Waals surface area contributed by atoms with Gasteiger partial charge in [0.1, 0.15) is 5.82 Å². The molecule has 0 amide bonds. The van der Waals surface area contributed by atoms with Crippen LogP contribution in [0, 0.1) is 12.7 Å². The maximum Gasteiger partial charge on any atom is 0.243 e. The molecule has 0 unspecified atom stereocenters. The van der Waals surface area contributed by atoms with Crippen molar-refractivity contribution >= 4 is 21.7 Å². The van der Waals surface area contributed by atoms with Gasteiger partial charge in [-0.05, 0) is 36.8 Å². The molecule has 2 saturated heterocycles. The summed E-state index contributed by atoms with van der Waals surface area (Å²) >= 11 is 0. The van der Waals surface area contributed by atoms with Crippen LogP contribution in [0.3, 0.4) is 0 Å². The van der Waals surface area contributed by atoms with E-state index in [1.165, 1.54) is 16.4 Å². The maximum atomic E-state index is 13.6. The number of hydrogen-bond acceptors (Lipinski definition) is 7. The molecule has 0 radical (unpaired) electrons. The van der Waals surface area contributed by atoms with Crippen molar-refractivity contribution in [1.82, 2.24) is 14.5 Å². The lowest BCUT2D eigenvalue weighted by molar-refractivity contribution is 0.122. The summed E-state index contributed by atoms with van der Waals surface area (Å²) in [6.07, 6.45) is 0. The molecule has 0 saturated carbocycles. The highest BCUT2D eigenvalue weighted by Crippen LogP contribution is 2.24. The molecule has 4 rings (SSSR count). The second-order valence-corrected chi connectivity index (χ2v) is 9.06. The van der Waals surface area contributed by atoms with Gasteiger partial charge in [-0.2, -0.15) is 4.31 Å². The molecule has 0 atom stereocenters. The summed E-state index contributed by atoms with van der Waals surface area (Å²) in [6, 6.07) is 7.70. The minimum absolute atomic E-state index is 0.0283. The van der Waals surface area contributed by atoms with Crippen LogP contribution in [0.4, 0.5) is 16.0 Å². The van der Waals surface area contributed by atoms with E-state index in [1.54, 1.807) is 6.92 Å². The van der Waals surface area contributed by atoms with E-state index in [4.69, 9.17) is 4.74 Å². The highest BCUT2D eigenvalue weighted by molar-refractivity contribution is 7.89. The molecule has 1 aromatic carbocycles. The van der Waals surface area contributed by atoms with E-state index in [0.29, 0.717) is 45.0 Å². The summed E-state index contributed by atoms with van der Waals surface area (Å²) in [6.45, 7) is 6.26. The van der Waals surface area contributed by atoms with Crippen LogP contribution in [0.1, 0.15) is 5.56 Å². The number of aryl methyl sites for hydroxylation is 1. The number of halogens is 1. The monoisotopic (exact) mass is 421 g/mol. The molecule has 2 fully saturated rings. The van der Waals surface area contributed by atoms with Gasteiger partial charge < -0.3 is 14.5 Å². The van der Waals surface area contributed by atoms with E-state index in [-0.39, 0.29) is 4.90 Å². The lowest BCUT2D eigenvalue weighted by Crippen LogP contribution is -2.49. The van der Waals surface area contributed by atoms with E-state index >= 15 is 0 Å². The van der Waals surface area contributed by atoms with Crippen molar-refractivity contribution < 1.29 is 17.5 Å². The van der Waals surface area contributed by atoms with Crippen molar-refractivity contribution in [2.75, 3.05) is 62.3 Å². The van der Waals surface area contributed by atoms with Crippen molar-refractivity contribution in [2.24, 2.45) is 0 Å². The molecule has 3 heterocycles. The maximum absolute atomic E-state index is 13.6. The summed E-state index contributed by atoms with van der Waals surface area (Å²) in [4.78, 5) is 4.17. The minimum Gasteiger partial charge on any atom is -0.378 e. The van der Waals surface area contributed by atoms with E-state index in [1.807, 2.05) is 17.0 Å². The summed E-state index contributed by atoms with van der Waals surface area (Å²) in [7, 11) is -3.73. The quantitative estimate of drug-likeness (QED) is 0.736. The Morgan fingerprint density at radius 3 is 2.07 bits per heavy atom. The van der Waals surface area contributed by atoms with Crippen LogP contribution < -0.4 is 9.80 Å². The number of piperazine rings is 1. The summed E-state index contributed by atoms with van der Waals surface area (Å²) in [5, 5.41) is 8.64. The highest BCUT2D eigenvalue weighted by Gasteiger charge is 2.30. The SMILES string of the molecule is Cc1ccc(F)cc1S(=O)(=O)N1CCN(c2ccc(N3CCOCC3)nn2)CC1. The first-order valence-corrected chi connectivity index (χ1v) is 11.1. The zero-order valence-corrected chi connectivity index (χ0v) is 17.1. The molecule has 2 aromatic rings. The number of sulfonamides is 1. The van der Waals surface area contributed by atoms with Gasteiger partial charge in [0.15, 0.2) is 11.6 Å². The van der Waals surface area contributed by atoms with E-state index < -0.39 is 15.8 Å². The Hall–Kier alpha value is -2.30. The number of aromatic nitrogens is 2. The fourth-order valence-electron chi connectivity index (χ4n) is 3.60. The first kappa shape index (κ1) is 20.0. The average Bonchev–Trinajstić information content (AvgIpc) is 2.76. The van der Waals surface area contributed by atoms with Crippen LogP contribution in [0.15, 0.2) is 35.2 Å². The Morgan fingerprint density at radius 1 is 0.897 bits per heavy atom. The summed E-state index contributed by atoms with van der Waals surface area (Å²) in [5.41, 5.74) is 0.540. The van der Waals surface area contributed by atoms with Crippen molar-refractivity contribution in [2.45, 2.75) is 11.8 Å². The van der Waals surface area contributed by atoms with Crippen molar-refractivity contribution in [3.05, 3.63) is 41.7 Å². The lowest BCUT2D eigenvalue weighted by atomic mass is 10.2. The van der Waals surface area contributed by atoms with Crippen LogP contribution in [-0.4, -0.2) is 75.4 Å². The molecule has 0 bridgehead atoms. The van der Waals surface area contributed by atoms with Gasteiger partial charge >= 0.3 is 0 Å². The smallest absolute Gasteiger partial charge is 0.243 e. The summed E-state index contributed by atoms with van der Waals surface area (Å²) < 4.78 is 46.2. The number of nitrogens with zero attached hydrogens (tertiary/aromatic N) is 5. The molecule has 0 spiro atoms. The van der Waals surface area contributed by atoms with E-state index in [9.17, 15) is 12.8 Å². The third kappa shape index (κ3) is 4.19. The molecule has 2 aliphatic rings. The first-order valence-electron chi connectivity index (χ1n) is 9.63. The number of ether oxygens (including phenoxy) is 1. The molecule has 10 heteroatoms. The zero-order chi connectivity index (χ0) is 20.4. The number of hydrogen-bond donors (Lipinski definition) is 0. The van der Waals surface area contributed by atoms with Gasteiger partial charge in [0.25, 0.3) is 0 Å². The second-order valence-electron chi connectivity index (χ2n) is 7.15. The predicted octanol–water partition coefficient (Wildman–Crippen LogP) is 1.27. The lowest BCUT2D eigenvalue weighted by Gasteiger charge is -2.35. The van der Waals surface area contributed by atoms with Gasteiger partial charge in [-0.25, -0.2) is 12.8 Å². The van der Waals surface area contributed by atoms with Crippen molar-refractivity contribution in [3.63, 3.8) is 0 Å². The van der Waals surface area contributed by atoms with Gasteiger partial charge in [0.05, 0.1) is 18.1 Å². The standard InChI is InChI=1S/C19H24FN5O3S/c1-15-2-3-16(20)14-17(15)29(26,27)25-8-6-23(7-9-25)18-4-5-19(22-21-18)24-10-12-28-13-11-24/h2-5,14H,6-13H2,1H3. The molecular weight excluding hydrogens is 397 g/mol. The van der Waals surface area contributed by atoms with Gasteiger partial charge in [-0.3, -0.25) is 0 Å². The molecule has 1 aromatic heterocycles. The predicted molar refractivity (Wildman–Crippen MR) is 107 cm³/mol. The van der Waals surface area contributed by atoms with Crippen molar-refractivity contribution in [1.29, 1.82) is 0 Å². The van der Waals surface area contributed by atoms with Crippen LogP contribution >= 0.6 is 0 Å². The van der Waals surface area contributed by atoms with Gasteiger partial charge in [0.2, 0.25) is 10.0 Å². The average molecular weight is 421 g/mol. The third-order valence-corrected chi connectivity index (χ3v) is 7.34. The van der Waals surface area contributed by atoms with Gasteiger partial charge in [0, 0.05) is 39.3 Å². The Bertz CT molecular complexity index is 956. The van der Waals surface area contributed by atoms with Crippen LogP contribution in [-0.2, 0) is 14.8 Å². The second kappa shape index (κ2) is 8.21. The van der Waals surface area contributed by atoms with Crippen LogP contribution in [0.25, 0.3) is 0 Å². The molecule has 156 valence electrons. The first-order chi connectivity index (χ1) is 13.9.